The zero-order valence-corrected chi connectivity index (χ0v) is 20.0. The van der Waals surface area contributed by atoms with E-state index in [1.807, 2.05) is 50.8 Å². The molecule has 30 heavy (non-hydrogen) atoms. The quantitative estimate of drug-likeness (QED) is 0.639. The van der Waals surface area contributed by atoms with Crippen LogP contribution in [0.15, 0.2) is 45.7 Å². The highest BCUT2D eigenvalue weighted by atomic mass is 35.5. The lowest BCUT2D eigenvalue weighted by Crippen LogP contribution is -2.39. The number of halogens is 2. The van der Waals surface area contributed by atoms with Gasteiger partial charge in [-0.3, -0.25) is 9.59 Å². The van der Waals surface area contributed by atoms with Gasteiger partial charge in [-0.15, -0.1) is 10.2 Å². The van der Waals surface area contributed by atoms with Crippen molar-refractivity contribution in [3.8, 4) is 11.3 Å². The molecule has 0 aliphatic rings. The van der Waals surface area contributed by atoms with Crippen molar-refractivity contribution in [3.63, 3.8) is 0 Å². The third-order valence-corrected chi connectivity index (χ3v) is 5.58. The lowest BCUT2D eigenvalue weighted by Gasteiger charge is -2.30. The molecule has 1 amide bonds. The average molecular weight is 472 g/mol. The summed E-state index contributed by atoms with van der Waals surface area (Å²) >= 11 is 12.3. The maximum atomic E-state index is 11.8. The standard InChI is InChI=1S/C10H17Cl2NOS.C10H10N4O/c1-7(2)13(8(3)4)10(14)15-6-9(12)5-11;1-7-12-13-9(10(15)14(7)11)8-5-3-2-4-6-8/h5,7-8H,6H2,1-4H3;2-6H,11H2,1H3/b9-5-;. The molecule has 0 saturated carbocycles. The fourth-order valence-electron chi connectivity index (χ4n) is 2.51. The van der Waals surface area contributed by atoms with Crippen molar-refractivity contribution in [2.45, 2.75) is 46.7 Å². The molecule has 0 aliphatic carbocycles. The third kappa shape index (κ3) is 7.66. The van der Waals surface area contributed by atoms with Crippen LogP contribution in [0, 0.1) is 6.92 Å². The molecule has 2 N–H and O–H groups in total. The number of amides is 1. The highest BCUT2D eigenvalue weighted by Crippen LogP contribution is 2.19. The van der Waals surface area contributed by atoms with E-state index in [2.05, 4.69) is 10.2 Å². The molecule has 0 radical (unpaired) electrons. The maximum Gasteiger partial charge on any atom is 0.298 e. The van der Waals surface area contributed by atoms with E-state index < -0.39 is 0 Å². The SMILES string of the molecule is CC(C)N(C(=O)SC/C(Cl)=C/Cl)C(C)C.Cc1nnc(-c2ccccc2)c(=O)n1N. The van der Waals surface area contributed by atoms with Crippen LogP contribution in [0.4, 0.5) is 4.79 Å². The summed E-state index contributed by atoms with van der Waals surface area (Å²) < 4.78 is 0.995. The van der Waals surface area contributed by atoms with Crippen LogP contribution in [0.3, 0.4) is 0 Å². The van der Waals surface area contributed by atoms with Gasteiger partial charge in [-0.05, 0) is 34.6 Å². The number of aryl methyl sites for hydroxylation is 1. The molecule has 0 spiro atoms. The monoisotopic (exact) mass is 471 g/mol. The minimum Gasteiger partial charge on any atom is -0.335 e. The van der Waals surface area contributed by atoms with Gasteiger partial charge >= 0.3 is 0 Å². The molecule has 0 unspecified atom stereocenters. The van der Waals surface area contributed by atoms with E-state index in [1.54, 1.807) is 19.1 Å². The van der Waals surface area contributed by atoms with Gasteiger partial charge in [0, 0.05) is 34.0 Å². The summed E-state index contributed by atoms with van der Waals surface area (Å²) in [5.41, 5.74) is 1.93. The van der Waals surface area contributed by atoms with Gasteiger partial charge in [-0.25, -0.2) is 4.68 Å². The number of hydrogen-bond donors (Lipinski definition) is 1. The Labute approximate surface area is 191 Å². The summed E-state index contributed by atoms with van der Waals surface area (Å²) in [4.78, 5) is 25.4. The van der Waals surface area contributed by atoms with Crippen LogP contribution >= 0.6 is 35.0 Å². The number of rotatable bonds is 5. The number of carbonyl (C=O) groups is 1. The number of nitrogens with zero attached hydrogens (tertiary/aromatic N) is 4. The predicted molar refractivity (Wildman–Crippen MR) is 126 cm³/mol. The highest BCUT2D eigenvalue weighted by Gasteiger charge is 2.20. The number of carbonyl (C=O) groups excluding carboxylic acids is 1. The molecule has 10 heteroatoms. The molecule has 0 saturated heterocycles. The second-order valence-electron chi connectivity index (χ2n) is 6.84. The molecular weight excluding hydrogens is 445 g/mol. The second-order valence-corrected chi connectivity index (χ2v) is 8.47. The van der Waals surface area contributed by atoms with Gasteiger partial charge < -0.3 is 10.7 Å². The Hall–Kier alpha value is -2.03. The molecule has 0 fully saturated rings. The minimum absolute atomic E-state index is 0.0386. The molecule has 2 aromatic rings. The number of hydrogen-bond acceptors (Lipinski definition) is 6. The fraction of sp³-hybridized carbons (Fsp3) is 0.400. The average Bonchev–Trinajstić information content (AvgIpc) is 2.71. The maximum absolute atomic E-state index is 11.8. The van der Waals surface area contributed by atoms with Gasteiger partial charge in [0.05, 0.1) is 0 Å². The van der Waals surface area contributed by atoms with Crippen LogP contribution in [0.5, 0.6) is 0 Å². The Morgan fingerprint density at radius 3 is 2.27 bits per heavy atom. The molecule has 1 aromatic carbocycles. The Kier molecular flexibility index (Phi) is 10.9. The molecule has 0 aliphatic heterocycles. The van der Waals surface area contributed by atoms with Crippen molar-refractivity contribution in [2.75, 3.05) is 11.6 Å². The molecule has 0 atom stereocenters. The Balaban J connectivity index is 0.000000300. The van der Waals surface area contributed by atoms with E-state index in [0.717, 1.165) is 4.68 Å². The summed E-state index contributed by atoms with van der Waals surface area (Å²) in [6, 6.07) is 9.51. The predicted octanol–water partition coefficient (Wildman–Crippen LogP) is 4.60. The van der Waals surface area contributed by atoms with Gasteiger partial charge in [-0.2, -0.15) is 0 Å². The first-order valence-corrected chi connectivity index (χ1v) is 11.1. The minimum atomic E-state index is -0.339. The summed E-state index contributed by atoms with van der Waals surface area (Å²) in [6.07, 6.45) is 0. The molecule has 7 nitrogen and oxygen atoms in total. The summed E-state index contributed by atoms with van der Waals surface area (Å²) in [7, 11) is 0. The van der Waals surface area contributed by atoms with Crippen molar-refractivity contribution in [1.82, 2.24) is 19.8 Å². The molecule has 1 aromatic heterocycles. The van der Waals surface area contributed by atoms with Gasteiger partial charge in [-0.1, -0.05) is 65.3 Å². The summed E-state index contributed by atoms with van der Waals surface area (Å²) in [5.74, 6) is 6.34. The first-order chi connectivity index (χ1) is 14.1. The largest absolute Gasteiger partial charge is 0.335 e. The lowest BCUT2D eigenvalue weighted by molar-refractivity contribution is 0.190. The molecule has 0 bridgehead atoms. The van der Waals surface area contributed by atoms with Gasteiger partial charge in [0.2, 0.25) is 0 Å². The van der Waals surface area contributed by atoms with Crippen molar-refractivity contribution in [1.29, 1.82) is 0 Å². The lowest BCUT2D eigenvalue weighted by atomic mass is 10.2. The third-order valence-electron chi connectivity index (χ3n) is 3.89. The Morgan fingerprint density at radius 2 is 1.77 bits per heavy atom. The molecular formula is C20H27Cl2N5O2S. The van der Waals surface area contributed by atoms with Crippen molar-refractivity contribution >= 4 is 40.2 Å². The van der Waals surface area contributed by atoms with Gasteiger partial charge in [0.25, 0.3) is 10.8 Å². The Bertz CT molecular complexity index is 909. The van der Waals surface area contributed by atoms with Crippen LogP contribution < -0.4 is 11.4 Å². The van der Waals surface area contributed by atoms with Crippen molar-refractivity contribution in [3.05, 3.63) is 57.1 Å². The summed E-state index contributed by atoms with van der Waals surface area (Å²) in [6.45, 7) is 9.62. The zero-order chi connectivity index (χ0) is 22.8. The van der Waals surface area contributed by atoms with Crippen LogP contribution in [0.2, 0.25) is 0 Å². The van der Waals surface area contributed by atoms with Crippen LogP contribution in [0.1, 0.15) is 33.5 Å². The number of nitrogens with two attached hydrogens (primary N) is 1. The van der Waals surface area contributed by atoms with E-state index in [4.69, 9.17) is 29.0 Å². The van der Waals surface area contributed by atoms with Crippen molar-refractivity contribution in [2.24, 2.45) is 0 Å². The molecule has 1 heterocycles. The van der Waals surface area contributed by atoms with Crippen LogP contribution in [-0.2, 0) is 0 Å². The first-order valence-electron chi connectivity index (χ1n) is 9.26. The molecule has 164 valence electrons. The van der Waals surface area contributed by atoms with E-state index in [0.29, 0.717) is 22.2 Å². The van der Waals surface area contributed by atoms with E-state index in [9.17, 15) is 9.59 Å². The number of aromatic nitrogens is 3. The number of thioether (sulfide) groups is 1. The van der Waals surface area contributed by atoms with E-state index in [1.165, 1.54) is 17.3 Å². The Morgan fingerprint density at radius 1 is 1.20 bits per heavy atom. The van der Waals surface area contributed by atoms with Crippen LogP contribution in [-0.4, -0.2) is 42.8 Å². The van der Waals surface area contributed by atoms with E-state index >= 15 is 0 Å². The smallest absolute Gasteiger partial charge is 0.298 e. The van der Waals surface area contributed by atoms with E-state index in [-0.39, 0.29) is 28.6 Å². The van der Waals surface area contributed by atoms with Crippen LogP contribution in [0.25, 0.3) is 11.3 Å². The second kappa shape index (κ2) is 12.6. The topological polar surface area (TPSA) is 94.1 Å². The van der Waals surface area contributed by atoms with Crippen molar-refractivity contribution < 1.29 is 4.79 Å². The van der Waals surface area contributed by atoms with Gasteiger partial charge in [0.1, 0.15) is 0 Å². The first kappa shape index (κ1) is 26.0. The number of nitrogen functional groups attached to an aromatic ring is 1. The summed E-state index contributed by atoms with van der Waals surface area (Å²) in [5, 5.41) is 8.18. The normalized spacial score (nSPS) is 11.3. The zero-order valence-electron chi connectivity index (χ0n) is 17.7. The molecule has 2 rings (SSSR count). The highest BCUT2D eigenvalue weighted by molar-refractivity contribution is 8.13. The van der Waals surface area contributed by atoms with Gasteiger partial charge in [0.15, 0.2) is 11.5 Å². The number of benzene rings is 1. The fourth-order valence-corrected chi connectivity index (χ4v) is 3.75.